The lowest BCUT2D eigenvalue weighted by Gasteiger charge is -2.21. The molecule has 128 valence electrons. The van der Waals surface area contributed by atoms with Crippen LogP contribution in [-0.4, -0.2) is 50.7 Å². The number of carboxylic acid groups (broad SMARTS) is 1. The molecule has 1 atom stereocenters. The summed E-state index contributed by atoms with van der Waals surface area (Å²) in [6.45, 7) is 1.47. The van der Waals surface area contributed by atoms with Gasteiger partial charge in [-0.05, 0) is 19.1 Å². The average molecular weight is 349 g/mol. The van der Waals surface area contributed by atoms with Crippen LogP contribution in [0, 0.1) is 0 Å². The van der Waals surface area contributed by atoms with Gasteiger partial charge in [0, 0.05) is 19.2 Å². The quantitative estimate of drug-likeness (QED) is 0.734. The highest BCUT2D eigenvalue weighted by Gasteiger charge is 2.21. The molecule has 0 aliphatic rings. The van der Waals surface area contributed by atoms with E-state index in [1.54, 1.807) is 18.2 Å². The number of hydrogen-bond acceptors (Lipinski definition) is 5. The van der Waals surface area contributed by atoms with Gasteiger partial charge in [-0.3, -0.25) is 9.59 Å². The lowest BCUT2D eigenvalue weighted by Crippen LogP contribution is -2.40. The van der Waals surface area contributed by atoms with E-state index in [1.165, 1.54) is 30.6 Å². The molecule has 0 aliphatic carbocycles. The summed E-state index contributed by atoms with van der Waals surface area (Å²) in [5, 5.41) is 9.44. The van der Waals surface area contributed by atoms with Crippen molar-refractivity contribution in [3.63, 3.8) is 0 Å². The molecule has 2 aromatic rings. The molecule has 1 unspecified atom stereocenters. The van der Waals surface area contributed by atoms with E-state index < -0.39 is 12.0 Å². The van der Waals surface area contributed by atoms with E-state index in [2.05, 4.69) is 9.97 Å². The van der Waals surface area contributed by atoms with Crippen LogP contribution in [0.5, 0.6) is 0 Å². The summed E-state index contributed by atoms with van der Waals surface area (Å²) in [6.07, 6.45) is 0.233. The highest BCUT2D eigenvalue weighted by atomic mass is 32.2. The van der Waals surface area contributed by atoms with Gasteiger partial charge in [-0.15, -0.1) is 0 Å². The van der Waals surface area contributed by atoms with E-state index in [9.17, 15) is 14.4 Å². The van der Waals surface area contributed by atoms with Gasteiger partial charge in [0.15, 0.2) is 0 Å². The molecule has 0 radical (unpaired) electrons. The molecule has 1 heterocycles. The van der Waals surface area contributed by atoms with Crippen LogP contribution in [-0.2, 0) is 15.3 Å². The van der Waals surface area contributed by atoms with Crippen LogP contribution in [0.1, 0.15) is 19.2 Å². The number of nitrogens with one attached hydrogen (secondary N) is 1. The number of carboxylic acids is 1. The number of carbonyl (C=O) groups excluding carboxylic acids is 1. The highest BCUT2D eigenvalue weighted by Crippen LogP contribution is 2.13. The number of benzene rings is 1. The number of carbonyl (C=O) groups is 2. The lowest BCUT2D eigenvalue weighted by atomic mass is 10.2. The van der Waals surface area contributed by atoms with Gasteiger partial charge in [-0.25, -0.2) is 9.78 Å². The van der Waals surface area contributed by atoms with Crippen molar-refractivity contribution in [2.75, 3.05) is 12.8 Å². The van der Waals surface area contributed by atoms with E-state index in [4.69, 9.17) is 5.11 Å². The maximum atomic E-state index is 11.9. The summed E-state index contributed by atoms with van der Waals surface area (Å²) in [6, 6.07) is 6.26. The molecule has 0 saturated carbocycles. The zero-order valence-corrected chi connectivity index (χ0v) is 14.3. The third-order valence-electron chi connectivity index (χ3n) is 3.69. The van der Waals surface area contributed by atoms with Crippen molar-refractivity contribution in [3.8, 4) is 0 Å². The van der Waals surface area contributed by atoms with Gasteiger partial charge in [0.25, 0.3) is 5.56 Å². The van der Waals surface area contributed by atoms with Crippen molar-refractivity contribution in [2.45, 2.75) is 25.1 Å². The van der Waals surface area contributed by atoms with Gasteiger partial charge in [0.2, 0.25) is 5.91 Å². The molecule has 0 bridgehead atoms. The summed E-state index contributed by atoms with van der Waals surface area (Å²) >= 11 is 1.46. The second kappa shape index (κ2) is 7.96. The lowest BCUT2D eigenvalue weighted by molar-refractivity contribution is -0.148. The SMILES string of the molecule is CC(C(=O)O)N(C)C(=O)CCSCc1nc2ccccc2c(=O)[nH]1. The first-order chi connectivity index (χ1) is 11.4. The van der Waals surface area contributed by atoms with Crippen molar-refractivity contribution >= 4 is 34.5 Å². The third kappa shape index (κ3) is 4.35. The van der Waals surface area contributed by atoms with Gasteiger partial charge in [-0.1, -0.05) is 12.1 Å². The number of H-pyrrole nitrogens is 1. The summed E-state index contributed by atoms with van der Waals surface area (Å²) in [4.78, 5) is 43.1. The Hall–Kier alpha value is -2.35. The molecule has 2 N–H and O–H groups in total. The standard InChI is InChI=1S/C16H19N3O4S/c1-10(16(22)23)19(2)14(20)7-8-24-9-13-17-12-6-4-3-5-11(12)15(21)18-13/h3-6,10H,7-9H2,1-2H3,(H,22,23)(H,17,18,21). The molecule has 2 rings (SSSR count). The van der Waals surface area contributed by atoms with E-state index >= 15 is 0 Å². The molecule has 0 spiro atoms. The first kappa shape index (κ1) is 18.0. The zero-order valence-electron chi connectivity index (χ0n) is 13.5. The highest BCUT2D eigenvalue weighted by molar-refractivity contribution is 7.98. The van der Waals surface area contributed by atoms with E-state index in [-0.39, 0.29) is 17.9 Å². The molecule has 8 heteroatoms. The van der Waals surface area contributed by atoms with Crippen molar-refractivity contribution in [2.24, 2.45) is 0 Å². The molecule has 1 aromatic heterocycles. The summed E-state index contributed by atoms with van der Waals surface area (Å²) in [7, 11) is 1.48. The number of aromatic nitrogens is 2. The Balaban J connectivity index is 1.88. The van der Waals surface area contributed by atoms with Crippen LogP contribution in [0.3, 0.4) is 0 Å². The van der Waals surface area contributed by atoms with Crippen molar-refractivity contribution in [1.82, 2.24) is 14.9 Å². The Morgan fingerprint density at radius 3 is 2.79 bits per heavy atom. The van der Waals surface area contributed by atoms with Crippen molar-refractivity contribution < 1.29 is 14.7 Å². The summed E-state index contributed by atoms with van der Waals surface area (Å²) in [5.74, 6) is 0.301. The first-order valence-electron chi connectivity index (χ1n) is 7.44. The Labute approximate surface area is 143 Å². The molecule has 0 aliphatic heterocycles. The molecule has 24 heavy (non-hydrogen) atoms. The number of amides is 1. The minimum atomic E-state index is -1.03. The van der Waals surface area contributed by atoms with E-state index in [1.807, 2.05) is 6.07 Å². The second-order valence-corrected chi connectivity index (χ2v) is 6.46. The number of nitrogens with zero attached hydrogens (tertiary/aromatic N) is 2. The predicted molar refractivity (Wildman–Crippen MR) is 93.0 cm³/mol. The Bertz CT molecular complexity index is 805. The van der Waals surface area contributed by atoms with Gasteiger partial charge < -0.3 is 15.0 Å². The normalized spacial score (nSPS) is 12.1. The molecule has 1 amide bonds. The van der Waals surface area contributed by atoms with Gasteiger partial charge in [-0.2, -0.15) is 11.8 Å². The predicted octanol–water partition coefficient (Wildman–Crippen LogP) is 1.48. The van der Waals surface area contributed by atoms with Crippen LogP contribution >= 0.6 is 11.8 Å². The van der Waals surface area contributed by atoms with E-state index in [0.717, 1.165) is 0 Å². The van der Waals surface area contributed by atoms with Gasteiger partial charge in [0.05, 0.1) is 16.7 Å². The maximum absolute atomic E-state index is 11.9. The molecule has 0 saturated heterocycles. The monoisotopic (exact) mass is 349 g/mol. The molecule has 7 nitrogen and oxygen atoms in total. The Morgan fingerprint density at radius 1 is 1.38 bits per heavy atom. The van der Waals surface area contributed by atoms with Crippen LogP contribution in [0.4, 0.5) is 0 Å². The number of para-hydroxylation sites is 1. The molecular formula is C16H19N3O4S. The zero-order chi connectivity index (χ0) is 17.7. The number of likely N-dealkylation sites (N-methyl/N-ethyl adjacent to an activating group) is 1. The topological polar surface area (TPSA) is 103 Å². The Morgan fingerprint density at radius 2 is 2.08 bits per heavy atom. The smallest absolute Gasteiger partial charge is 0.326 e. The molecule has 1 aromatic carbocycles. The minimum absolute atomic E-state index is 0.178. The summed E-state index contributed by atoms with van der Waals surface area (Å²) < 4.78 is 0. The fourth-order valence-corrected chi connectivity index (χ4v) is 2.88. The number of fused-ring (bicyclic) bond motifs is 1. The summed E-state index contributed by atoms with van der Waals surface area (Å²) in [5.41, 5.74) is 0.463. The van der Waals surface area contributed by atoms with Crippen molar-refractivity contribution in [3.05, 3.63) is 40.4 Å². The fourth-order valence-electron chi connectivity index (χ4n) is 2.09. The number of rotatable bonds is 7. The van der Waals surface area contributed by atoms with Crippen LogP contribution in [0.15, 0.2) is 29.1 Å². The fraction of sp³-hybridized carbons (Fsp3) is 0.375. The minimum Gasteiger partial charge on any atom is -0.480 e. The largest absolute Gasteiger partial charge is 0.480 e. The molecular weight excluding hydrogens is 330 g/mol. The number of hydrogen-bond donors (Lipinski definition) is 2. The number of thioether (sulfide) groups is 1. The Kier molecular flexibility index (Phi) is 5.97. The maximum Gasteiger partial charge on any atom is 0.326 e. The van der Waals surface area contributed by atoms with E-state index in [0.29, 0.717) is 28.2 Å². The average Bonchev–Trinajstić information content (AvgIpc) is 2.57. The second-order valence-electron chi connectivity index (χ2n) is 5.35. The van der Waals surface area contributed by atoms with Crippen LogP contribution < -0.4 is 5.56 Å². The number of aromatic amines is 1. The first-order valence-corrected chi connectivity index (χ1v) is 8.59. The van der Waals surface area contributed by atoms with Crippen LogP contribution in [0.25, 0.3) is 10.9 Å². The van der Waals surface area contributed by atoms with Crippen LogP contribution in [0.2, 0.25) is 0 Å². The number of aliphatic carboxylic acids is 1. The third-order valence-corrected chi connectivity index (χ3v) is 4.66. The van der Waals surface area contributed by atoms with Crippen molar-refractivity contribution in [1.29, 1.82) is 0 Å². The van der Waals surface area contributed by atoms with Gasteiger partial charge in [0.1, 0.15) is 11.9 Å². The molecule has 0 fully saturated rings. The van der Waals surface area contributed by atoms with Gasteiger partial charge >= 0.3 is 5.97 Å².